The topological polar surface area (TPSA) is 49.8 Å². The van der Waals surface area contributed by atoms with Gasteiger partial charge in [0.25, 0.3) is 0 Å². The molecule has 0 aliphatic carbocycles. The second-order valence-electron chi connectivity index (χ2n) is 5.56. The third-order valence-corrected chi connectivity index (χ3v) is 3.37. The minimum Gasteiger partial charge on any atom is -0.492 e. The highest BCUT2D eigenvalue weighted by molar-refractivity contribution is 5.89. The van der Waals surface area contributed by atoms with E-state index in [2.05, 4.69) is 32.6 Å². The number of aryl methyl sites for hydroxylation is 1. The quantitative estimate of drug-likeness (QED) is 0.832. The lowest BCUT2D eigenvalue weighted by molar-refractivity contribution is 0.0696. The Kier molecular flexibility index (Phi) is 6.02. The van der Waals surface area contributed by atoms with E-state index in [1.165, 1.54) is 0 Å². The number of hydrogen-bond acceptors (Lipinski definition) is 3. The molecule has 0 aliphatic heterocycles. The first-order valence-corrected chi connectivity index (χ1v) is 7.05. The van der Waals surface area contributed by atoms with Gasteiger partial charge in [0.15, 0.2) is 0 Å². The van der Waals surface area contributed by atoms with E-state index in [1.807, 2.05) is 0 Å². The van der Waals surface area contributed by atoms with Crippen molar-refractivity contribution in [1.82, 2.24) is 4.90 Å². The second kappa shape index (κ2) is 7.29. The van der Waals surface area contributed by atoms with Crippen molar-refractivity contribution in [2.75, 3.05) is 13.2 Å². The fraction of sp³-hybridized carbons (Fsp3) is 0.562. The molecular formula is C16H25NO3. The molecule has 0 spiro atoms. The first-order valence-electron chi connectivity index (χ1n) is 7.05. The molecule has 4 nitrogen and oxygen atoms in total. The summed E-state index contributed by atoms with van der Waals surface area (Å²) in [5.74, 6) is -0.181. The average Bonchev–Trinajstić information content (AvgIpc) is 2.33. The molecule has 0 aliphatic rings. The van der Waals surface area contributed by atoms with Crippen molar-refractivity contribution in [3.05, 3.63) is 29.3 Å². The van der Waals surface area contributed by atoms with Gasteiger partial charge < -0.3 is 9.84 Å². The lowest BCUT2D eigenvalue weighted by Crippen LogP contribution is -2.39. The molecule has 0 unspecified atom stereocenters. The smallest absolute Gasteiger partial charge is 0.335 e. The Hall–Kier alpha value is -1.55. The molecule has 0 aromatic heterocycles. The molecule has 0 saturated carbocycles. The third kappa shape index (κ3) is 4.53. The van der Waals surface area contributed by atoms with Crippen molar-refractivity contribution < 1.29 is 14.6 Å². The van der Waals surface area contributed by atoms with Gasteiger partial charge in [0.1, 0.15) is 12.4 Å². The fourth-order valence-corrected chi connectivity index (χ4v) is 2.35. The molecule has 0 amide bonds. The molecule has 0 bridgehead atoms. The van der Waals surface area contributed by atoms with E-state index >= 15 is 0 Å². The molecule has 0 saturated heterocycles. The first kappa shape index (κ1) is 16.5. The molecular weight excluding hydrogens is 254 g/mol. The number of hydrogen-bond donors (Lipinski definition) is 1. The largest absolute Gasteiger partial charge is 0.492 e. The zero-order valence-electron chi connectivity index (χ0n) is 13.0. The Balaban J connectivity index is 2.58. The summed E-state index contributed by atoms with van der Waals surface area (Å²) < 4.78 is 5.72. The van der Waals surface area contributed by atoms with Gasteiger partial charge in [0.2, 0.25) is 0 Å². The van der Waals surface area contributed by atoms with E-state index in [0.717, 1.165) is 17.9 Å². The van der Waals surface area contributed by atoms with Gasteiger partial charge in [0, 0.05) is 18.6 Å². The van der Waals surface area contributed by atoms with Gasteiger partial charge in [-0.2, -0.15) is 0 Å². The summed E-state index contributed by atoms with van der Waals surface area (Å²) >= 11 is 0. The van der Waals surface area contributed by atoms with Crippen LogP contribution in [0.2, 0.25) is 0 Å². The summed E-state index contributed by atoms with van der Waals surface area (Å²) in [4.78, 5) is 13.3. The summed E-state index contributed by atoms with van der Waals surface area (Å²) in [6, 6.07) is 6.05. The van der Waals surface area contributed by atoms with Crippen LogP contribution in [0.15, 0.2) is 18.2 Å². The molecule has 0 fully saturated rings. The highest BCUT2D eigenvalue weighted by atomic mass is 16.5. The van der Waals surface area contributed by atoms with Gasteiger partial charge in [-0.1, -0.05) is 0 Å². The number of aromatic carboxylic acids is 1. The minimum atomic E-state index is -0.903. The van der Waals surface area contributed by atoms with Crippen LogP contribution in [0.4, 0.5) is 0 Å². The molecule has 20 heavy (non-hydrogen) atoms. The maximum Gasteiger partial charge on any atom is 0.335 e. The predicted molar refractivity (Wildman–Crippen MR) is 80.6 cm³/mol. The van der Waals surface area contributed by atoms with Gasteiger partial charge >= 0.3 is 5.97 Å². The van der Waals surface area contributed by atoms with Crippen molar-refractivity contribution in [2.45, 2.75) is 46.7 Å². The Labute approximate surface area is 121 Å². The van der Waals surface area contributed by atoms with Crippen LogP contribution >= 0.6 is 0 Å². The summed E-state index contributed by atoms with van der Waals surface area (Å²) in [6.45, 7) is 11.9. The average molecular weight is 279 g/mol. The third-order valence-electron chi connectivity index (χ3n) is 3.37. The van der Waals surface area contributed by atoms with E-state index < -0.39 is 5.97 Å². The number of rotatable bonds is 7. The lowest BCUT2D eigenvalue weighted by Gasteiger charge is -2.30. The van der Waals surface area contributed by atoms with Crippen molar-refractivity contribution >= 4 is 5.97 Å². The van der Waals surface area contributed by atoms with Crippen LogP contribution in [-0.4, -0.2) is 41.2 Å². The van der Waals surface area contributed by atoms with Crippen molar-refractivity contribution in [2.24, 2.45) is 0 Å². The zero-order valence-corrected chi connectivity index (χ0v) is 13.0. The monoisotopic (exact) mass is 279 g/mol. The Morgan fingerprint density at radius 1 is 1.25 bits per heavy atom. The van der Waals surface area contributed by atoms with Crippen LogP contribution in [0, 0.1) is 6.92 Å². The number of nitrogens with zero attached hydrogens (tertiary/aromatic N) is 1. The molecule has 0 heterocycles. The molecule has 0 radical (unpaired) electrons. The number of carboxylic acid groups (broad SMARTS) is 1. The van der Waals surface area contributed by atoms with Crippen LogP contribution in [0.1, 0.15) is 43.6 Å². The standard InChI is InChI=1S/C16H25NO3/c1-11(2)17(12(3)4)8-9-20-14-6-7-15(16(18)19)13(5)10-14/h6-7,10-12H,8-9H2,1-5H3,(H,18,19). The second-order valence-corrected chi connectivity index (χ2v) is 5.56. The first-order chi connectivity index (χ1) is 9.32. The fourth-order valence-electron chi connectivity index (χ4n) is 2.35. The lowest BCUT2D eigenvalue weighted by atomic mass is 10.1. The van der Waals surface area contributed by atoms with Gasteiger partial charge in [-0.3, -0.25) is 4.90 Å². The number of benzene rings is 1. The van der Waals surface area contributed by atoms with Crippen molar-refractivity contribution in [1.29, 1.82) is 0 Å². The Bertz CT molecular complexity index is 447. The van der Waals surface area contributed by atoms with Gasteiger partial charge in [-0.15, -0.1) is 0 Å². The normalized spacial score (nSPS) is 11.4. The molecule has 0 atom stereocenters. The molecule has 1 aromatic rings. The SMILES string of the molecule is Cc1cc(OCCN(C(C)C)C(C)C)ccc1C(=O)O. The maximum absolute atomic E-state index is 10.9. The highest BCUT2D eigenvalue weighted by Crippen LogP contribution is 2.17. The Morgan fingerprint density at radius 3 is 2.30 bits per heavy atom. The Morgan fingerprint density at radius 2 is 1.85 bits per heavy atom. The van der Waals surface area contributed by atoms with E-state index in [1.54, 1.807) is 25.1 Å². The maximum atomic E-state index is 10.9. The van der Waals surface area contributed by atoms with Crippen LogP contribution in [-0.2, 0) is 0 Å². The van der Waals surface area contributed by atoms with Crippen molar-refractivity contribution in [3.8, 4) is 5.75 Å². The zero-order chi connectivity index (χ0) is 15.3. The van der Waals surface area contributed by atoms with E-state index in [4.69, 9.17) is 9.84 Å². The minimum absolute atomic E-state index is 0.323. The van der Waals surface area contributed by atoms with E-state index in [0.29, 0.717) is 24.3 Å². The summed E-state index contributed by atoms with van der Waals surface area (Å²) in [5, 5.41) is 8.98. The van der Waals surface area contributed by atoms with Crippen LogP contribution in [0.3, 0.4) is 0 Å². The van der Waals surface area contributed by atoms with Gasteiger partial charge in [0.05, 0.1) is 5.56 Å². The summed E-state index contributed by atoms with van der Waals surface area (Å²) in [5.41, 5.74) is 1.04. The number of ether oxygens (including phenoxy) is 1. The van der Waals surface area contributed by atoms with Crippen LogP contribution in [0.25, 0.3) is 0 Å². The molecule has 112 valence electrons. The van der Waals surface area contributed by atoms with Gasteiger partial charge in [-0.25, -0.2) is 4.79 Å². The number of carbonyl (C=O) groups is 1. The van der Waals surface area contributed by atoms with Gasteiger partial charge in [-0.05, 0) is 58.4 Å². The van der Waals surface area contributed by atoms with Crippen molar-refractivity contribution in [3.63, 3.8) is 0 Å². The molecule has 1 N–H and O–H groups in total. The summed E-state index contributed by atoms with van der Waals surface area (Å²) in [7, 11) is 0. The van der Waals surface area contributed by atoms with Crippen LogP contribution < -0.4 is 4.74 Å². The predicted octanol–water partition coefficient (Wildman–Crippen LogP) is 3.19. The summed E-state index contributed by atoms with van der Waals surface area (Å²) in [6.07, 6.45) is 0. The highest BCUT2D eigenvalue weighted by Gasteiger charge is 2.13. The number of carboxylic acids is 1. The molecule has 1 rings (SSSR count). The molecule has 1 aromatic carbocycles. The van der Waals surface area contributed by atoms with E-state index in [9.17, 15) is 4.79 Å². The van der Waals surface area contributed by atoms with E-state index in [-0.39, 0.29) is 0 Å². The molecule has 4 heteroatoms. The van der Waals surface area contributed by atoms with Crippen LogP contribution in [0.5, 0.6) is 5.75 Å².